The van der Waals surface area contributed by atoms with Crippen molar-refractivity contribution in [2.75, 3.05) is 12.4 Å². The topological polar surface area (TPSA) is 110 Å². The lowest BCUT2D eigenvalue weighted by Gasteiger charge is -2.08. The van der Waals surface area contributed by atoms with Crippen molar-refractivity contribution in [3.05, 3.63) is 58.1 Å². The number of aromatic hydroxyl groups is 1. The summed E-state index contributed by atoms with van der Waals surface area (Å²) in [5.74, 6) is -0.881. The van der Waals surface area contributed by atoms with Gasteiger partial charge in [0, 0.05) is 24.9 Å². The average molecular weight is 312 g/mol. The molecule has 8 nitrogen and oxygen atoms in total. The maximum atomic E-state index is 12.7. The van der Waals surface area contributed by atoms with E-state index >= 15 is 0 Å². The molecule has 2 aromatic carbocycles. The highest BCUT2D eigenvalue weighted by Crippen LogP contribution is 2.29. The Hall–Kier alpha value is -3.42. The summed E-state index contributed by atoms with van der Waals surface area (Å²) in [4.78, 5) is 22.9. The molecule has 0 radical (unpaired) electrons. The van der Waals surface area contributed by atoms with Crippen LogP contribution in [0.15, 0.2) is 42.5 Å². The standard InChI is InChI=1S/C15H12N4O4/c1-16-12-5-3-2-4-10(12)15(21)18-13-7-6-9(19(22)23)8-11(13)14(20)17-18/h2-8,16H,1H3,(H,17,20). The molecule has 23 heavy (non-hydrogen) atoms. The molecule has 0 aliphatic rings. The van der Waals surface area contributed by atoms with Crippen LogP contribution in [0.5, 0.6) is 5.88 Å². The van der Waals surface area contributed by atoms with Gasteiger partial charge in [0.05, 0.1) is 21.4 Å². The van der Waals surface area contributed by atoms with Crippen molar-refractivity contribution in [2.45, 2.75) is 0 Å². The number of non-ortho nitro benzene ring substituents is 1. The Bertz CT molecular complexity index is 932. The van der Waals surface area contributed by atoms with Crippen LogP contribution >= 0.6 is 0 Å². The first-order chi connectivity index (χ1) is 11.0. The fraction of sp³-hybridized carbons (Fsp3) is 0.0667. The van der Waals surface area contributed by atoms with E-state index in [1.54, 1.807) is 31.3 Å². The van der Waals surface area contributed by atoms with Crippen molar-refractivity contribution in [2.24, 2.45) is 0 Å². The van der Waals surface area contributed by atoms with Crippen LogP contribution in [0.25, 0.3) is 10.9 Å². The molecule has 3 aromatic rings. The van der Waals surface area contributed by atoms with E-state index in [1.165, 1.54) is 18.2 Å². The maximum Gasteiger partial charge on any atom is 0.280 e. The Morgan fingerprint density at radius 1 is 1.30 bits per heavy atom. The molecule has 0 saturated heterocycles. The van der Waals surface area contributed by atoms with Gasteiger partial charge in [0.2, 0.25) is 5.88 Å². The van der Waals surface area contributed by atoms with Crippen LogP contribution in [0.4, 0.5) is 11.4 Å². The van der Waals surface area contributed by atoms with E-state index in [0.717, 1.165) is 4.68 Å². The van der Waals surface area contributed by atoms with Crippen LogP contribution in [-0.4, -0.2) is 32.8 Å². The zero-order valence-corrected chi connectivity index (χ0v) is 12.1. The first-order valence-electron chi connectivity index (χ1n) is 6.70. The van der Waals surface area contributed by atoms with Gasteiger partial charge in [0.25, 0.3) is 11.6 Å². The SMILES string of the molecule is CNc1ccccc1C(=O)n1nc(O)c2cc([N+](=O)[O-])ccc21. The molecule has 0 aliphatic carbocycles. The Labute approximate surface area is 130 Å². The number of nitro benzene ring substituents is 1. The highest BCUT2D eigenvalue weighted by molar-refractivity contribution is 6.05. The Morgan fingerprint density at radius 3 is 2.74 bits per heavy atom. The number of aromatic nitrogens is 2. The molecule has 0 spiro atoms. The molecule has 116 valence electrons. The van der Waals surface area contributed by atoms with Gasteiger partial charge in [-0.1, -0.05) is 12.1 Å². The molecular weight excluding hydrogens is 300 g/mol. The van der Waals surface area contributed by atoms with Crippen molar-refractivity contribution in [1.29, 1.82) is 0 Å². The molecule has 2 N–H and O–H groups in total. The molecule has 1 heterocycles. The summed E-state index contributed by atoms with van der Waals surface area (Å²) in [6.45, 7) is 0. The number of hydrogen-bond acceptors (Lipinski definition) is 6. The Balaban J connectivity index is 2.17. The summed E-state index contributed by atoms with van der Waals surface area (Å²) >= 11 is 0. The molecule has 0 bridgehead atoms. The molecule has 0 amide bonds. The molecule has 1 aromatic heterocycles. The summed E-state index contributed by atoms with van der Waals surface area (Å²) in [6.07, 6.45) is 0. The largest absolute Gasteiger partial charge is 0.492 e. The van der Waals surface area contributed by atoms with E-state index in [2.05, 4.69) is 10.4 Å². The minimum absolute atomic E-state index is 0.148. The number of fused-ring (bicyclic) bond motifs is 1. The van der Waals surface area contributed by atoms with Gasteiger partial charge >= 0.3 is 0 Å². The van der Waals surface area contributed by atoms with E-state index in [9.17, 15) is 20.0 Å². The van der Waals surface area contributed by atoms with Gasteiger partial charge in [-0.2, -0.15) is 4.68 Å². The minimum Gasteiger partial charge on any atom is -0.492 e. The molecule has 0 aliphatic heterocycles. The van der Waals surface area contributed by atoms with Gasteiger partial charge in [-0.05, 0) is 18.2 Å². The van der Waals surface area contributed by atoms with Crippen LogP contribution in [-0.2, 0) is 0 Å². The van der Waals surface area contributed by atoms with Crippen molar-refractivity contribution in [3.63, 3.8) is 0 Å². The second kappa shape index (κ2) is 5.41. The van der Waals surface area contributed by atoms with Crippen LogP contribution in [0.2, 0.25) is 0 Å². The van der Waals surface area contributed by atoms with Gasteiger partial charge in [0.15, 0.2) is 0 Å². The van der Waals surface area contributed by atoms with Crippen molar-refractivity contribution in [3.8, 4) is 5.88 Å². The lowest BCUT2D eigenvalue weighted by Crippen LogP contribution is -2.15. The third-order valence-electron chi connectivity index (χ3n) is 3.47. The third kappa shape index (κ3) is 2.35. The quantitative estimate of drug-likeness (QED) is 0.567. The van der Waals surface area contributed by atoms with E-state index in [1.807, 2.05) is 0 Å². The van der Waals surface area contributed by atoms with Crippen LogP contribution in [0, 0.1) is 10.1 Å². The maximum absolute atomic E-state index is 12.7. The van der Waals surface area contributed by atoms with Gasteiger partial charge in [-0.15, -0.1) is 5.10 Å². The summed E-state index contributed by atoms with van der Waals surface area (Å²) in [7, 11) is 1.69. The number of carbonyl (C=O) groups excluding carboxylic acids is 1. The molecule has 0 unspecified atom stereocenters. The van der Waals surface area contributed by atoms with Gasteiger partial charge in [-0.3, -0.25) is 14.9 Å². The van der Waals surface area contributed by atoms with Gasteiger partial charge in [-0.25, -0.2) is 0 Å². The van der Waals surface area contributed by atoms with E-state index in [4.69, 9.17) is 0 Å². The first-order valence-corrected chi connectivity index (χ1v) is 6.70. The monoisotopic (exact) mass is 312 g/mol. The van der Waals surface area contributed by atoms with Crippen LogP contribution in [0.3, 0.4) is 0 Å². The Kier molecular flexibility index (Phi) is 3.41. The number of benzene rings is 2. The molecule has 0 atom stereocenters. The van der Waals surface area contributed by atoms with Crippen LogP contribution < -0.4 is 5.32 Å². The first kappa shape index (κ1) is 14.5. The van der Waals surface area contributed by atoms with E-state index in [0.29, 0.717) is 16.8 Å². The summed E-state index contributed by atoms with van der Waals surface area (Å²) in [5, 5.41) is 27.6. The third-order valence-corrected chi connectivity index (χ3v) is 3.47. The summed E-state index contributed by atoms with van der Waals surface area (Å²) in [5.41, 5.74) is 1.10. The number of nitrogens with one attached hydrogen (secondary N) is 1. The van der Waals surface area contributed by atoms with Crippen LogP contribution in [0.1, 0.15) is 10.4 Å². The number of nitrogens with zero attached hydrogens (tertiary/aromatic N) is 3. The van der Waals surface area contributed by atoms with Gasteiger partial charge in [0.1, 0.15) is 0 Å². The second-order valence-electron chi connectivity index (χ2n) is 4.79. The molecule has 0 fully saturated rings. The summed E-state index contributed by atoms with van der Waals surface area (Å²) in [6, 6.07) is 10.7. The average Bonchev–Trinajstić information content (AvgIpc) is 2.90. The normalized spacial score (nSPS) is 10.7. The van der Waals surface area contributed by atoms with Gasteiger partial charge < -0.3 is 10.4 Å². The number of nitro groups is 1. The second-order valence-corrected chi connectivity index (χ2v) is 4.79. The minimum atomic E-state index is -0.575. The predicted molar refractivity (Wildman–Crippen MR) is 83.8 cm³/mol. The lowest BCUT2D eigenvalue weighted by molar-refractivity contribution is -0.384. The van der Waals surface area contributed by atoms with Crippen molar-refractivity contribution >= 4 is 28.2 Å². The smallest absolute Gasteiger partial charge is 0.280 e. The Morgan fingerprint density at radius 2 is 2.04 bits per heavy atom. The van der Waals surface area contributed by atoms with Crippen molar-refractivity contribution in [1.82, 2.24) is 9.78 Å². The molecule has 8 heteroatoms. The van der Waals surface area contributed by atoms with Crippen molar-refractivity contribution < 1.29 is 14.8 Å². The lowest BCUT2D eigenvalue weighted by atomic mass is 10.1. The fourth-order valence-corrected chi connectivity index (χ4v) is 2.36. The fourth-order valence-electron chi connectivity index (χ4n) is 2.36. The zero-order chi connectivity index (χ0) is 16.6. The number of para-hydroxylation sites is 1. The number of carbonyl (C=O) groups is 1. The highest BCUT2D eigenvalue weighted by Gasteiger charge is 2.20. The number of rotatable bonds is 3. The number of hydrogen-bond donors (Lipinski definition) is 2. The zero-order valence-electron chi connectivity index (χ0n) is 12.1. The molecule has 3 rings (SSSR count). The number of anilines is 1. The van der Waals surface area contributed by atoms with E-state index < -0.39 is 16.7 Å². The molecule has 0 saturated carbocycles. The summed E-state index contributed by atoms with van der Waals surface area (Å²) < 4.78 is 1.03. The highest BCUT2D eigenvalue weighted by atomic mass is 16.6. The van der Waals surface area contributed by atoms with E-state index in [-0.39, 0.29) is 11.1 Å². The molecular formula is C15H12N4O4. The predicted octanol–water partition coefficient (Wildman–Crippen LogP) is 2.38.